The maximum Gasteiger partial charge on any atom is 0.255 e. The third-order valence-corrected chi connectivity index (χ3v) is 2.59. The van der Waals surface area contributed by atoms with Crippen molar-refractivity contribution in [3.8, 4) is 6.07 Å². The molecule has 1 amide bonds. The molecule has 90 valence electrons. The number of anilines is 1. The Labute approximate surface area is 106 Å². The summed E-state index contributed by atoms with van der Waals surface area (Å²) in [6.07, 6.45) is 0. The molecule has 1 rings (SSSR count). The van der Waals surface area contributed by atoms with Crippen LogP contribution in [0.5, 0.6) is 0 Å². The predicted octanol–water partition coefficient (Wildman–Crippen LogP) is 2.15. The van der Waals surface area contributed by atoms with Crippen LogP contribution < -0.4 is 5.73 Å². The maximum absolute atomic E-state index is 12.0. The third kappa shape index (κ3) is 3.36. The van der Waals surface area contributed by atoms with E-state index in [1.165, 1.54) is 11.0 Å². The molecule has 5 heteroatoms. The minimum atomic E-state index is -0.211. The van der Waals surface area contributed by atoms with Crippen LogP contribution in [0.2, 0.25) is 5.02 Å². The van der Waals surface area contributed by atoms with Gasteiger partial charge in [0.25, 0.3) is 5.91 Å². The number of halogens is 1. The molecule has 0 heterocycles. The van der Waals surface area contributed by atoms with E-state index >= 15 is 0 Å². The molecule has 0 aliphatic carbocycles. The van der Waals surface area contributed by atoms with Crippen LogP contribution in [-0.4, -0.2) is 24.4 Å². The summed E-state index contributed by atoms with van der Waals surface area (Å²) in [4.78, 5) is 13.5. The van der Waals surface area contributed by atoms with Gasteiger partial charge in [0.1, 0.15) is 0 Å². The normalized spacial score (nSPS) is 11.6. The molecule has 0 fully saturated rings. The van der Waals surface area contributed by atoms with Gasteiger partial charge in [0.15, 0.2) is 0 Å². The van der Waals surface area contributed by atoms with Crippen LogP contribution in [0, 0.1) is 17.2 Å². The van der Waals surface area contributed by atoms with Gasteiger partial charge >= 0.3 is 0 Å². The van der Waals surface area contributed by atoms with Crippen molar-refractivity contribution in [2.45, 2.75) is 6.92 Å². The van der Waals surface area contributed by atoms with Crippen LogP contribution in [0.1, 0.15) is 17.3 Å². The van der Waals surface area contributed by atoms with Crippen molar-refractivity contribution in [3.05, 3.63) is 28.8 Å². The van der Waals surface area contributed by atoms with E-state index in [1.807, 2.05) is 0 Å². The summed E-state index contributed by atoms with van der Waals surface area (Å²) < 4.78 is 0. The summed E-state index contributed by atoms with van der Waals surface area (Å²) in [6, 6.07) is 6.83. The lowest BCUT2D eigenvalue weighted by atomic mass is 10.1. The molecule has 0 saturated carbocycles. The van der Waals surface area contributed by atoms with Gasteiger partial charge in [-0.25, -0.2) is 0 Å². The largest absolute Gasteiger partial charge is 0.398 e. The van der Waals surface area contributed by atoms with Gasteiger partial charge in [-0.05, 0) is 25.1 Å². The molecule has 0 bridgehead atoms. The Morgan fingerprint density at radius 1 is 1.65 bits per heavy atom. The van der Waals surface area contributed by atoms with E-state index in [-0.39, 0.29) is 11.8 Å². The molecule has 1 aromatic rings. The second kappa shape index (κ2) is 5.55. The van der Waals surface area contributed by atoms with Crippen LogP contribution in [0.15, 0.2) is 18.2 Å². The molecule has 0 aliphatic heterocycles. The molecule has 0 aromatic heterocycles. The Morgan fingerprint density at radius 2 is 2.29 bits per heavy atom. The van der Waals surface area contributed by atoms with Crippen molar-refractivity contribution in [2.75, 3.05) is 19.3 Å². The van der Waals surface area contributed by atoms with Crippen molar-refractivity contribution in [1.29, 1.82) is 5.26 Å². The molecule has 4 nitrogen and oxygen atoms in total. The van der Waals surface area contributed by atoms with Gasteiger partial charge in [-0.1, -0.05) is 11.6 Å². The van der Waals surface area contributed by atoms with Crippen molar-refractivity contribution in [3.63, 3.8) is 0 Å². The van der Waals surface area contributed by atoms with Crippen LogP contribution in [-0.2, 0) is 0 Å². The van der Waals surface area contributed by atoms with Crippen LogP contribution in [0.4, 0.5) is 5.69 Å². The topological polar surface area (TPSA) is 70.1 Å². The molecule has 2 N–H and O–H groups in total. The Morgan fingerprint density at radius 3 is 2.82 bits per heavy atom. The summed E-state index contributed by atoms with van der Waals surface area (Å²) in [6.45, 7) is 2.13. The highest BCUT2D eigenvalue weighted by molar-refractivity contribution is 6.31. The SMILES string of the molecule is CC(C#N)CN(C)C(=O)c1ccc(Cl)cc1N. The number of benzene rings is 1. The summed E-state index contributed by atoms with van der Waals surface area (Å²) in [5.41, 5.74) is 6.48. The minimum absolute atomic E-state index is 0.207. The number of carbonyl (C=O) groups is 1. The lowest BCUT2D eigenvalue weighted by Gasteiger charge is -2.19. The molecule has 0 radical (unpaired) electrons. The molecule has 1 aromatic carbocycles. The van der Waals surface area contributed by atoms with Crippen LogP contribution >= 0.6 is 11.6 Å². The van der Waals surface area contributed by atoms with Gasteiger partial charge in [0, 0.05) is 24.3 Å². The fourth-order valence-electron chi connectivity index (χ4n) is 1.47. The van der Waals surface area contributed by atoms with E-state index in [9.17, 15) is 4.79 Å². The first-order chi connectivity index (χ1) is 7.95. The predicted molar refractivity (Wildman–Crippen MR) is 67.6 cm³/mol. The lowest BCUT2D eigenvalue weighted by molar-refractivity contribution is 0.0786. The number of amides is 1. The smallest absolute Gasteiger partial charge is 0.255 e. The van der Waals surface area contributed by atoms with Gasteiger partial charge in [-0.3, -0.25) is 4.79 Å². The highest BCUT2D eigenvalue weighted by Crippen LogP contribution is 2.19. The molecule has 17 heavy (non-hydrogen) atoms. The van der Waals surface area contributed by atoms with Crippen molar-refractivity contribution in [2.24, 2.45) is 5.92 Å². The van der Waals surface area contributed by atoms with Crippen molar-refractivity contribution >= 4 is 23.2 Å². The van der Waals surface area contributed by atoms with Gasteiger partial charge in [0.05, 0.1) is 17.6 Å². The van der Waals surface area contributed by atoms with E-state index < -0.39 is 0 Å². The summed E-state index contributed by atoms with van der Waals surface area (Å²) in [5.74, 6) is -0.418. The van der Waals surface area contributed by atoms with Crippen molar-refractivity contribution in [1.82, 2.24) is 4.90 Å². The number of carbonyl (C=O) groups excluding carboxylic acids is 1. The monoisotopic (exact) mass is 251 g/mol. The highest BCUT2D eigenvalue weighted by Gasteiger charge is 2.16. The van der Waals surface area contributed by atoms with E-state index in [0.29, 0.717) is 22.8 Å². The van der Waals surface area contributed by atoms with Crippen LogP contribution in [0.25, 0.3) is 0 Å². The zero-order valence-corrected chi connectivity index (χ0v) is 10.5. The lowest BCUT2D eigenvalue weighted by Crippen LogP contribution is -2.31. The van der Waals surface area contributed by atoms with Crippen LogP contribution in [0.3, 0.4) is 0 Å². The third-order valence-electron chi connectivity index (χ3n) is 2.36. The number of nitriles is 1. The van der Waals surface area contributed by atoms with Gasteiger partial charge in [-0.15, -0.1) is 0 Å². The molecular weight excluding hydrogens is 238 g/mol. The molecular formula is C12H14ClN3O. The summed E-state index contributed by atoms with van der Waals surface area (Å²) in [5, 5.41) is 9.19. The Balaban J connectivity index is 2.86. The second-order valence-corrected chi connectivity index (χ2v) is 4.38. The van der Waals surface area contributed by atoms with Crippen molar-refractivity contribution < 1.29 is 4.79 Å². The number of nitrogens with zero attached hydrogens (tertiary/aromatic N) is 2. The summed E-state index contributed by atoms with van der Waals surface area (Å²) >= 11 is 5.76. The molecule has 1 atom stereocenters. The van der Waals surface area contributed by atoms with Gasteiger partial charge in [-0.2, -0.15) is 5.26 Å². The highest BCUT2D eigenvalue weighted by atomic mass is 35.5. The van der Waals surface area contributed by atoms with E-state index in [1.54, 1.807) is 26.1 Å². The fourth-order valence-corrected chi connectivity index (χ4v) is 1.65. The molecule has 0 saturated heterocycles. The first-order valence-corrected chi connectivity index (χ1v) is 5.53. The minimum Gasteiger partial charge on any atom is -0.398 e. The first kappa shape index (κ1) is 13.3. The zero-order valence-electron chi connectivity index (χ0n) is 9.77. The van der Waals surface area contributed by atoms with Gasteiger partial charge < -0.3 is 10.6 Å². The number of nitrogens with two attached hydrogens (primary N) is 1. The number of hydrogen-bond acceptors (Lipinski definition) is 3. The second-order valence-electron chi connectivity index (χ2n) is 3.95. The summed E-state index contributed by atoms with van der Waals surface area (Å²) in [7, 11) is 1.64. The molecule has 0 aliphatic rings. The average Bonchev–Trinajstić information content (AvgIpc) is 2.28. The quantitative estimate of drug-likeness (QED) is 0.837. The zero-order chi connectivity index (χ0) is 13.0. The number of nitrogen functional groups attached to an aromatic ring is 1. The molecule has 0 spiro atoms. The fraction of sp³-hybridized carbons (Fsp3) is 0.333. The van der Waals surface area contributed by atoms with E-state index in [4.69, 9.17) is 22.6 Å². The molecule has 1 unspecified atom stereocenters. The average molecular weight is 252 g/mol. The van der Waals surface area contributed by atoms with Gasteiger partial charge in [0.2, 0.25) is 0 Å². The Kier molecular flexibility index (Phi) is 4.36. The van der Waals surface area contributed by atoms with E-state index in [0.717, 1.165) is 0 Å². The standard InChI is InChI=1S/C12H14ClN3O/c1-8(6-14)7-16(2)12(17)10-4-3-9(13)5-11(10)15/h3-5,8H,7,15H2,1-2H3. The first-order valence-electron chi connectivity index (χ1n) is 5.15. The Hall–Kier alpha value is -1.73. The maximum atomic E-state index is 12.0. The number of rotatable bonds is 3. The number of hydrogen-bond donors (Lipinski definition) is 1. The Bertz CT molecular complexity index is 467. The van der Waals surface area contributed by atoms with E-state index in [2.05, 4.69) is 6.07 Å².